The highest BCUT2D eigenvalue weighted by Crippen LogP contribution is 2.35. The van der Waals surface area contributed by atoms with E-state index in [0.717, 1.165) is 12.8 Å². The molecule has 3 nitrogen and oxygen atoms in total. The Kier molecular flexibility index (Phi) is 4.46. The van der Waals surface area contributed by atoms with Crippen molar-refractivity contribution in [3.05, 3.63) is 0 Å². The molecule has 3 fully saturated rings. The van der Waals surface area contributed by atoms with Crippen LogP contribution in [0.3, 0.4) is 0 Å². The maximum absolute atomic E-state index is 12.6. The van der Waals surface area contributed by atoms with Crippen molar-refractivity contribution in [1.29, 1.82) is 0 Å². The number of hydrogen-bond acceptors (Lipinski definition) is 3. The van der Waals surface area contributed by atoms with Gasteiger partial charge in [-0.3, -0.25) is 14.6 Å². The highest BCUT2D eigenvalue weighted by atomic mass is 16.1. The first-order valence-corrected chi connectivity index (χ1v) is 8.69. The molecular formula is C17H30N2O. The molecule has 0 N–H and O–H groups in total. The molecule has 0 amide bonds. The van der Waals surface area contributed by atoms with Crippen LogP contribution in [0.4, 0.5) is 0 Å². The van der Waals surface area contributed by atoms with Crippen LogP contribution in [0.1, 0.15) is 64.7 Å². The van der Waals surface area contributed by atoms with E-state index in [-0.39, 0.29) is 0 Å². The summed E-state index contributed by atoms with van der Waals surface area (Å²) >= 11 is 0. The van der Waals surface area contributed by atoms with Gasteiger partial charge in [0, 0.05) is 18.0 Å². The number of Topliss-reactive ketones (excluding diaryl/α,β-unsaturated/α-hetero) is 1. The molecule has 3 atom stereocenters. The summed E-state index contributed by atoms with van der Waals surface area (Å²) in [5.74, 6) is 0.889. The van der Waals surface area contributed by atoms with Gasteiger partial charge in [-0.05, 0) is 39.7 Å². The molecule has 2 aliphatic carbocycles. The molecule has 0 bridgehead atoms. The number of hydrogen-bond donors (Lipinski definition) is 0. The minimum Gasteiger partial charge on any atom is -0.298 e. The molecule has 0 spiro atoms. The molecule has 1 heterocycles. The second kappa shape index (κ2) is 6.15. The predicted molar refractivity (Wildman–Crippen MR) is 81.6 cm³/mol. The number of carbonyl (C=O) groups is 1. The van der Waals surface area contributed by atoms with E-state index in [4.69, 9.17) is 0 Å². The van der Waals surface area contributed by atoms with Gasteiger partial charge in [-0.1, -0.05) is 32.1 Å². The third-order valence-corrected chi connectivity index (χ3v) is 6.11. The smallest absolute Gasteiger partial charge is 0.149 e. The SMILES string of the molecule is CC1N(C)C2CCCCC2N1CC(=O)C1CCCCC1. The van der Waals surface area contributed by atoms with Crippen molar-refractivity contribution in [1.82, 2.24) is 9.80 Å². The Hall–Kier alpha value is -0.410. The number of fused-ring (bicyclic) bond motifs is 1. The number of ketones is 1. The van der Waals surface area contributed by atoms with Crippen LogP contribution in [-0.4, -0.2) is 47.4 Å². The second-order valence-electron chi connectivity index (χ2n) is 7.19. The van der Waals surface area contributed by atoms with Gasteiger partial charge in [0.05, 0.1) is 12.7 Å². The van der Waals surface area contributed by atoms with E-state index in [1.807, 2.05) is 0 Å². The van der Waals surface area contributed by atoms with Crippen molar-refractivity contribution < 1.29 is 4.79 Å². The predicted octanol–water partition coefficient (Wildman–Crippen LogP) is 3.04. The van der Waals surface area contributed by atoms with Gasteiger partial charge in [-0.15, -0.1) is 0 Å². The maximum atomic E-state index is 12.6. The molecule has 114 valence electrons. The molecule has 2 saturated carbocycles. The number of carbonyl (C=O) groups excluding carboxylic acids is 1. The van der Waals surface area contributed by atoms with Crippen LogP contribution in [0.25, 0.3) is 0 Å². The summed E-state index contributed by atoms with van der Waals surface area (Å²) in [6.45, 7) is 2.99. The van der Waals surface area contributed by atoms with Crippen LogP contribution in [0.15, 0.2) is 0 Å². The van der Waals surface area contributed by atoms with Crippen molar-refractivity contribution in [3.63, 3.8) is 0 Å². The Bertz CT molecular complexity index is 351. The van der Waals surface area contributed by atoms with Gasteiger partial charge in [0.1, 0.15) is 5.78 Å². The van der Waals surface area contributed by atoms with Crippen LogP contribution in [0.2, 0.25) is 0 Å². The highest BCUT2D eigenvalue weighted by Gasteiger charge is 2.44. The first-order valence-electron chi connectivity index (χ1n) is 8.69. The fraction of sp³-hybridized carbons (Fsp3) is 0.941. The van der Waals surface area contributed by atoms with Crippen molar-refractivity contribution in [2.24, 2.45) is 5.92 Å². The molecule has 0 aromatic heterocycles. The lowest BCUT2D eigenvalue weighted by Crippen LogP contribution is -2.44. The van der Waals surface area contributed by atoms with E-state index in [0.29, 0.717) is 36.5 Å². The van der Waals surface area contributed by atoms with Gasteiger partial charge in [-0.25, -0.2) is 0 Å². The lowest BCUT2D eigenvalue weighted by Gasteiger charge is -2.32. The summed E-state index contributed by atoms with van der Waals surface area (Å²) < 4.78 is 0. The second-order valence-corrected chi connectivity index (χ2v) is 7.19. The van der Waals surface area contributed by atoms with Crippen molar-refractivity contribution in [3.8, 4) is 0 Å². The molecule has 1 aliphatic heterocycles. The lowest BCUT2D eigenvalue weighted by molar-refractivity contribution is -0.126. The van der Waals surface area contributed by atoms with Gasteiger partial charge >= 0.3 is 0 Å². The Morgan fingerprint density at radius 1 is 0.950 bits per heavy atom. The van der Waals surface area contributed by atoms with Crippen molar-refractivity contribution in [2.75, 3.05) is 13.6 Å². The Labute approximate surface area is 123 Å². The highest BCUT2D eigenvalue weighted by molar-refractivity contribution is 5.83. The largest absolute Gasteiger partial charge is 0.298 e. The fourth-order valence-electron chi connectivity index (χ4n) is 4.72. The average Bonchev–Trinajstić information content (AvgIpc) is 2.74. The fourth-order valence-corrected chi connectivity index (χ4v) is 4.72. The molecular weight excluding hydrogens is 248 g/mol. The molecule has 3 unspecified atom stereocenters. The van der Waals surface area contributed by atoms with Crippen molar-refractivity contribution in [2.45, 2.75) is 83.0 Å². The van der Waals surface area contributed by atoms with Crippen LogP contribution in [0, 0.1) is 5.92 Å². The summed E-state index contributed by atoms with van der Waals surface area (Å²) in [4.78, 5) is 17.6. The first kappa shape index (κ1) is 14.5. The molecule has 3 rings (SSSR count). The lowest BCUT2D eigenvalue weighted by atomic mass is 9.85. The van der Waals surface area contributed by atoms with E-state index in [9.17, 15) is 4.79 Å². The molecule has 20 heavy (non-hydrogen) atoms. The van der Waals surface area contributed by atoms with Gasteiger partial charge in [0.2, 0.25) is 0 Å². The maximum Gasteiger partial charge on any atom is 0.149 e. The summed E-state index contributed by atoms with van der Waals surface area (Å²) in [5, 5.41) is 0. The quantitative estimate of drug-likeness (QED) is 0.793. The zero-order chi connectivity index (χ0) is 14.1. The molecule has 3 heteroatoms. The zero-order valence-corrected chi connectivity index (χ0v) is 13.2. The molecule has 0 aromatic rings. The van der Waals surface area contributed by atoms with Crippen LogP contribution < -0.4 is 0 Å². The summed E-state index contributed by atoms with van der Waals surface area (Å²) in [5.41, 5.74) is 0. The zero-order valence-electron chi connectivity index (χ0n) is 13.2. The van der Waals surface area contributed by atoms with E-state index in [2.05, 4.69) is 23.8 Å². The minimum atomic E-state index is 0.365. The Morgan fingerprint density at radius 3 is 2.25 bits per heavy atom. The Morgan fingerprint density at radius 2 is 1.55 bits per heavy atom. The van der Waals surface area contributed by atoms with E-state index in [1.165, 1.54) is 44.9 Å². The molecule has 0 aromatic carbocycles. The molecule has 1 saturated heterocycles. The number of rotatable bonds is 3. The van der Waals surface area contributed by atoms with Gasteiger partial charge in [0.25, 0.3) is 0 Å². The normalized spacial score (nSPS) is 37.0. The van der Waals surface area contributed by atoms with Crippen molar-refractivity contribution >= 4 is 5.78 Å². The molecule has 0 radical (unpaired) electrons. The number of nitrogens with zero attached hydrogens (tertiary/aromatic N) is 2. The third kappa shape index (κ3) is 2.67. The average molecular weight is 278 g/mol. The Balaban J connectivity index is 1.64. The standard InChI is InChI=1S/C17H30N2O/c1-13-18(2)15-10-6-7-11-16(15)19(13)12-17(20)14-8-4-3-5-9-14/h13-16H,3-12H2,1-2H3. The van der Waals surface area contributed by atoms with E-state index in [1.54, 1.807) is 0 Å². The topological polar surface area (TPSA) is 23.6 Å². The van der Waals surface area contributed by atoms with Crippen LogP contribution in [0.5, 0.6) is 0 Å². The monoisotopic (exact) mass is 278 g/mol. The van der Waals surface area contributed by atoms with Gasteiger partial charge in [-0.2, -0.15) is 0 Å². The van der Waals surface area contributed by atoms with E-state index >= 15 is 0 Å². The van der Waals surface area contributed by atoms with Gasteiger partial charge < -0.3 is 0 Å². The third-order valence-electron chi connectivity index (χ3n) is 6.11. The summed E-state index contributed by atoms with van der Waals surface area (Å²) in [6.07, 6.45) is 11.9. The molecule has 3 aliphatic rings. The first-order chi connectivity index (χ1) is 9.68. The summed E-state index contributed by atoms with van der Waals surface area (Å²) in [6, 6.07) is 1.33. The number of likely N-dealkylation sites (N-methyl/N-ethyl adjacent to an activating group) is 1. The van der Waals surface area contributed by atoms with Gasteiger partial charge in [0.15, 0.2) is 0 Å². The van der Waals surface area contributed by atoms with E-state index < -0.39 is 0 Å². The minimum absolute atomic E-state index is 0.365. The summed E-state index contributed by atoms with van der Waals surface area (Å²) in [7, 11) is 2.25. The van der Waals surface area contributed by atoms with Crippen LogP contribution >= 0.6 is 0 Å². The van der Waals surface area contributed by atoms with Crippen LogP contribution in [-0.2, 0) is 4.79 Å².